The van der Waals surface area contributed by atoms with E-state index in [0.29, 0.717) is 17.2 Å². The van der Waals surface area contributed by atoms with Crippen molar-refractivity contribution in [2.75, 3.05) is 13.7 Å². The zero-order valence-corrected chi connectivity index (χ0v) is 23.6. The van der Waals surface area contributed by atoms with E-state index in [1.54, 1.807) is 6.07 Å². The molecule has 0 amide bonds. The third-order valence-corrected chi connectivity index (χ3v) is 5.71. The smallest absolute Gasteiger partial charge is 0.303 e. The van der Waals surface area contributed by atoms with Gasteiger partial charge in [0.05, 0.1) is 13.3 Å². The molecule has 1 fully saturated rings. The second-order valence-electron chi connectivity index (χ2n) is 8.98. The van der Waals surface area contributed by atoms with Crippen LogP contribution in [0, 0.1) is 0 Å². The van der Waals surface area contributed by atoms with Crippen molar-refractivity contribution in [3.05, 3.63) is 41.7 Å². The number of benzene rings is 1. The summed E-state index contributed by atoms with van der Waals surface area (Å²) in [6, 6.07) is 5.45. The molecule has 41 heavy (non-hydrogen) atoms. The average molecular weight is 576 g/mol. The number of nitrogens with zero attached hydrogens (tertiary/aromatic N) is 3. The molecule has 14 nitrogen and oxygen atoms in total. The molecule has 1 aromatic heterocycles. The normalized spacial score (nSPS) is 22.0. The van der Waals surface area contributed by atoms with Gasteiger partial charge in [-0.2, -0.15) is 0 Å². The van der Waals surface area contributed by atoms with Gasteiger partial charge in [-0.15, -0.1) is 5.10 Å². The van der Waals surface area contributed by atoms with E-state index in [0.717, 1.165) is 26.3 Å². The predicted octanol–water partition coefficient (Wildman–Crippen LogP) is 2.15. The fourth-order valence-corrected chi connectivity index (χ4v) is 4.17. The van der Waals surface area contributed by atoms with Crippen LogP contribution in [0.2, 0.25) is 0 Å². The van der Waals surface area contributed by atoms with E-state index in [2.05, 4.69) is 10.3 Å². The highest BCUT2D eigenvalue weighted by molar-refractivity contribution is 5.68. The third-order valence-electron chi connectivity index (χ3n) is 5.71. The van der Waals surface area contributed by atoms with Gasteiger partial charge >= 0.3 is 23.9 Å². The lowest BCUT2D eigenvalue weighted by molar-refractivity contribution is -0.270. The highest BCUT2D eigenvalue weighted by Gasteiger charge is 2.53. The first-order valence-corrected chi connectivity index (χ1v) is 12.7. The third kappa shape index (κ3) is 8.51. The molecule has 0 saturated carbocycles. The maximum Gasteiger partial charge on any atom is 0.303 e. The summed E-state index contributed by atoms with van der Waals surface area (Å²) in [7, 11) is 1.53. The summed E-state index contributed by atoms with van der Waals surface area (Å²) in [5.41, 5.74) is 1.31. The second kappa shape index (κ2) is 14.3. The molecule has 0 spiro atoms. The molecule has 1 aromatic carbocycles. The Bertz CT molecular complexity index is 1270. The highest BCUT2D eigenvalue weighted by Crippen LogP contribution is 2.35. The minimum absolute atomic E-state index is 0.00933. The molecule has 1 aliphatic rings. The van der Waals surface area contributed by atoms with E-state index in [1.165, 1.54) is 24.9 Å². The van der Waals surface area contributed by atoms with Crippen LogP contribution >= 0.6 is 0 Å². The lowest BCUT2D eigenvalue weighted by atomic mass is 9.97. The number of hydrogen-bond donors (Lipinski definition) is 0. The van der Waals surface area contributed by atoms with Gasteiger partial charge in [-0.25, -0.2) is 4.68 Å². The van der Waals surface area contributed by atoms with E-state index >= 15 is 0 Å². The van der Waals surface area contributed by atoms with Crippen LogP contribution in [0.5, 0.6) is 11.5 Å². The van der Waals surface area contributed by atoms with Gasteiger partial charge in [0.1, 0.15) is 25.0 Å². The summed E-state index contributed by atoms with van der Waals surface area (Å²) in [6.45, 7) is 6.18. The number of aromatic nitrogens is 3. The Morgan fingerprint density at radius 3 is 2.20 bits per heavy atom. The highest BCUT2D eigenvalue weighted by atomic mass is 16.7. The number of carbonyl (C=O) groups excluding carboxylic acids is 4. The quantitative estimate of drug-likeness (QED) is 0.283. The molecule has 14 heteroatoms. The molecule has 5 atom stereocenters. The first-order chi connectivity index (χ1) is 19.5. The summed E-state index contributed by atoms with van der Waals surface area (Å²) in [4.78, 5) is 47.5. The SMILES string of the molecule is C/C=C/c1ccc(OCc2cn([C@@H]3O[C@H](COC(C)=O)[C@@H](OC(C)=O)[C@H](OC(C)=O)[C@H]3OC(C)=O)nn2)c(OC)c1. The number of methoxy groups -OCH3 is 1. The standard InChI is InChI=1S/C27H33N3O11/c1-7-8-19-9-10-21(22(11-19)35-6)37-13-20-12-30(29-28-20)27-26(40-18(5)34)25(39-17(4)33)24(38-16(3)32)23(41-27)14-36-15(2)31/h7-12,23-27H,13-14H2,1-6H3/b8-7+/t23-,24-,25+,26-,27-/m1/s1. The molecule has 0 aliphatic carbocycles. The first kappa shape index (κ1) is 31.1. The summed E-state index contributed by atoms with van der Waals surface area (Å²) in [5, 5.41) is 8.21. The van der Waals surface area contributed by atoms with Crippen molar-refractivity contribution in [3.63, 3.8) is 0 Å². The van der Waals surface area contributed by atoms with Crippen LogP contribution in [0.1, 0.15) is 52.1 Å². The van der Waals surface area contributed by atoms with Gasteiger partial charge in [-0.1, -0.05) is 23.4 Å². The van der Waals surface area contributed by atoms with Gasteiger partial charge < -0.3 is 33.2 Å². The molecular weight excluding hydrogens is 542 g/mol. The largest absolute Gasteiger partial charge is 0.493 e. The lowest BCUT2D eigenvalue weighted by Gasteiger charge is -2.44. The van der Waals surface area contributed by atoms with E-state index < -0.39 is 54.5 Å². The van der Waals surface area contributed by atoms with Crippen molar-refractivity contribution in [1.29, 1.82) is 0 Å². The van der Waals surface area contributed by atoms with Crippen LogP contribution in [0.25, 0.3) is 6.08 Å². The van der Waals surface area contributed by atoms with Crippen LogP contribution in [0.15, 0.2) is 30.5 Å². The van der Waals surface area contributed by atoms with Gasteiger partial charge in [-0.3, -0.25) is 19.2 Å². The second-order valence-corrected chi connectivity index (χ2v) is 8.98. The van der Waals surface area contributed by atoms with Crippen molar-refractivity contribution < 1.29 is 52.3 Å². The lowest BCUT2D eigenvalue weighted by Crippen LogP contribution is -2.60. The zero-order valence-electron chi connectivity index (χ0n) is 23.6. The number of hydrogen-bond acceptors (Lipinski definition) is 13. The van der Waals surface area contributed by atoms with Gasteiger partial charge in [-0.05, 0) is 24.6 Å². The summed E-state index contributed by atoms with van der Waals surface area (Å²) in [5.74, 6) is -1.81. The summed E-state index contributed by atoms with van der Waals surface area (Å²) < 4.78 is 40.0. The van der Waals surface area contributed by atoms with Crippen LogP contribution in [0.3, 0.4) is 0 Å². The predicted molar refractivity (Wildman–Crippen MR) is 139 cm³/mol. The Morgan fingerprint density at radius 1 is 0.927 bits per heavy atom. The first-order valence-electron chi connectivity index (χ1n) is 12.7. The Balaban J connectivity index is 1.91. The van der Waals surface area contributed by atoms with E-state index in [4.69, 9.17) is 33.2 Å². The van der Waals surface area contributed by atoms with Crippen molar-refractivity contribution in [2.45, 2.75) is 71.9 Å². The monoisotopic (exact) mass is 575 g/mol. The van der Waals surface area contributed by atoms with Gasteiger partial charge in [0, 0.05) is 27.7 Å². The molecule has 0 unspecified atom stereocenters. The zero-order chi connectivity index (χ0) is 30.1. The Labute approximate surface area is 236 Å². The number of allylic oxidation sites excluding steroid dienone is 1. The average Bonchev–Trinajstić information content (AvgIpc) is 3.37. The summed E-state index contributed by atoms with van der Waals surface area (Å²) >= 11 is 0. The molecule has 2 aromatic rings. The van der Waals surface area contributed by atoms with Crippen molar-refractivity contribution in [1.82, 2.24) is 15.0 Å². The van der Waals surface area contributed by atoms with Crippen LogP contribution in [-0.2, 0) is 49.5 Å². The Morgan fingerprint density at radius 2 is 1.59 bits per heavy atom. The number of esters is 4. The van der Waals surface area contributed by atoms with E-state index in [9.17, 15) is 19.2 Å². The maximum absolute atomic E-state index is 12.1. The van der Waals surface area contributed by atoms with Crippen molar-refractivity contribution >= 4 is 30.0 Å². The van der Waals surface area contributed by atoms with Crippen LogP contribution in [-0.4, -0.2) is 77.0 Å². The summed E-state index contributed by atoms with van der Waals surface area (Å²) in [6.07, 6.45) is -0.943. The molecular formula is C27H33N3O11. The molecule has 222 valence electrons. The van der Waals surface area contributed by atoms with Crippen LogP contribution in [0.4, 0.5) is 0 Å². The number of rotatable bonds is 11. The molecule has 0 bridgehead atoms. The van der Waals surface area contributed by atoms with Gasteiger partial charge in [0.25, 0.3) is 0 Å². The minimum Gasteiger partial charge on any atom is -0.493 e. The maximum atomic E-state index is 12.1. The van der Waals surface area contributed by atoms with Crippen molar-refractivity contribution in [2.24, 2.45) is 0 Å². The van der Waals surface area contributed by atoms with Gasteiger partial charge in [0.15, 0.2) is 36.0 Å². The molecule has 3 rings (SSSR count). The number of ether oxygens (including phenoxy) is 7. The fourth-order valence-electron chi connectivity index (χ4n) is 4.17. The topological polar surface area (TPSA) is 164 Å². The van der Waals surface area contributed by atoms with E-state index in [-0.39, 0.29) is 13.2 Å². The number of carbonyl (C=O) groups is 4. The fraction of sp³-hybridized carbons (Fsp3) is 0.481. The Hall–Kier alpha value is -4.46. The molecule has 0 radical (unpaired) electrons. The van der Waals surface area contributed by atoms with E-state index in [1.807, 2.05) is 31.2 Å². The minimum atomic E-state index is -1.33. The van der Waals surface area contributed by atoms with Crippen LogP contribution < -0.4 is 9.47 Å². The van der Waals surface area contributed by atoms with Gasteiger partial charge in [0.2, 0.25) is 0 Å². The molecule has 2 heterocycles. The molecule has 1 saturated heterocycles. The Kier molecular flexibility index (Phi) is 10.8. The molecule has 0 N–H and O–H groups in total. The van der Waals surface area contributed by atoms with Crippen molar-refractivity contribution in [3.8, 4) is 11.5 Å². The molecule has 1 aliphatic heterocycles.